The number of aromatic nitrogens is 2. The fraction of sp³-hybridized carbons (Fsp3) is 0.150. The van der Waals surface area contributed by atoms with Crippen LogP contribution in [0.5, 0.6) is 0 Å². The number of hydrogen-bond acceptors (Lipinski definition) is 5. The Morgan fingerprint density at radius 2 is 1.77 bits per heavy atom. The van der Waals surface area contributed by atoms with Crippen LogP contribution in [0.25, 0.3) is 11.0 Å². The number of nitrogens with zero attached hydrogens (tertiary/aromatic N) is 2. The van der Waals surface area contributed by atoms with Gasteiger partial charge in [-0.25, -0.2) is 0 Å². The standard InChI is InChI=1S/C20H17N3O3/c1-2-13-7-9-14(10-8-13)11-18-22-23-20(26-18)21-19(24)17-12-15-5-3-4-6-16(15)25-17/h3-10,12H,2,11H2,1H3,(H,21,23,24). The fourth-order valence-corrected chi connectivity index (χ4v) is 2.70. The zero-order valence-corrected chi connectivity index (χ0v) is 14.2. The van der Waals surface area contributed by atoms with E-state index >= 15 is 0 Å². The lowest BCUT2D eigenvalue weighted by atomic mass is 10.1. The summed E-state index contributed by atoms with van der Waals surface area (Å²) in [6, 6.07) is 17.4. The number of rotatable bonds is 5. The Kier molecular flexibility index (Phi) is 4.23. The Bertz CT molecular complexity index is 1010. The maximum Gasteiger partial charge on any atom is 0.322 e. The van der Waals surface area contributed by atoms with Gasteiger partial charge in [-0.1, -0.05) is 54.5 Å². The molecule has 0 spiro atoms. The van der Waals surface area contributed by atoms with Crippen molar-refractivity contribution in [2.24, 2.45) is 0 Å². The van der Waals surface area contributed by atoms with E-state index in [1.807, 2.05) is 30.3 Å². The second-order valence-corrected chi connectivity index (χ2v) is 5.95. The number of carbonyl (C=O) groups excluding carboxylic acids is 1. The van der Waals surface area contributed by atoms with Gasteiger partial charge in [-0.3, -0.25) is 10.1 Å². The molecule has 0 saturated heterocycles. The third-order valence-corrected chi connectivity index (χ3v) is 4.12. The van der Waals surface area contributed by atoms with E-state index in [4.69, 9.17) is 8.83 Å². The quantitative estimate of drug-likeness (QED) is 0.584. The molecule has 130 valence electrons. The Hall–Kier alpha value is -3.41. The monoisotopic (exact) mass is 347 g/mol. The molecule has 0 radical (unpaired) electrons. The summed E-state index contributed by atoms with van der Waals surface area (Å²) in [5, 5.41) is 11.3. The Balaban J connectivity index is 1.44. The van der Waals surface area contributed by atoms with Crippen LogP contribution in [0, 0.1) is 0 Å². The van der Waals surface area contributed by atoms with Gasteiger partial charge < -0.3 is 8.83 Å². The number of carbonyl (C=O) groups is 1. The van der Waals surface area contributed by atoms with Crippen molar-refractivity contribution in [3.8, 4) is 0 Å². The molecule has 0 aliphatic rings. The highest BCUT2D eigenvalue weighted by Gasteiger charge is 2.16. The molecule has 1 amide bonds. The van der Waals surface area contributed by atoms with Crippen LogP contribution in [0.15, 0.2) is 63.4 Å². The van der Waals surface area contributed by atoms with Gasteiger partial charge in [0.25, 0.3) is 5.91 Å². The lowest BCUT2D eigenvalue weighted by Crippen LogP contribution is -2.10. The normalized spacial score (nSPS) is 11.0. The van der Waals surface area contributed by atoms with Gasteiger partial charge in [-0.05, 0) is 29.7 Å². The summed E-state index contributed by atoms with van der Waals surface area (Å²) in [6.45, 7) is 2.12. The van der Waals surface area contributed by atoms with Gasteiger partial charge in [0.1, 0.15) is 5.58 Å². The average Bonchev–Trinajstić information content (AvgIpc) is 3.29. The van der Waals surface area contributed by atoms with Crippen LogP contribution in [-0.4, -0.2) is 16.1 Å². The molecule has 6 heteroatoms. The Morgan fingerprint density at radius 3 is 2.54 bits per heavy atom. The van der Waals surface area contributed by atoms with Crippen molar-refractivity contribution in [1.29, 1.82) is 0 Å². The number of hydrogen-bond donors (Lipinski definition) is 1. The van der Waals surface area contributed by atoms with E-state index in [2.05, 4.69) is 34.6 Å². The molecular formula is C20H17N3O3. The zero-order valence-electron chi connectivity index (χ0n) is 14.2. The van der Waals surface area contributed by atoms with Gasteiger partial charge >= 0.3 is 6.01 Å². The number of anilines is 1. The maximum atomic E-state index is 12.3. The van der Waals surface area contributed by atoms with E-state index in [0.717, 1.165) is 17.4 Å². The highest BCUT2D eigenvalue weighted by atomic mass is 16.4. The van der Waals surface area contributed by atoms with Crippen molar-refractivity contribution in [3.05, 3.63) is 77.4 Å². The number of fused-ring (bicyclic) bond motifs is 1. The van der Waals surface area contributed by atoms with E-state index in [1.165, 1.54) is 5.56 Å². The van der Waals surface area contributed by atoms with Crippen LogP contribution >= 0.6 is 0 Å². The molecule has 0 aliphatic carbocycles. The summed E-state index contributed by atoms with van der Waals surface area (Å²) in [7, 11) is 0. The van der Waals surface area contributed by atoms with Gasteiger partial charge in [-0.15, -0.1) is 5.10 Å². The van der Waals surface area contributed by atoms with Crippen LogP contribution in [-0.2, 0) is 12.8 Å². The molecule has 2 aromatic heterocycles. The van der Waals surface area contributed by atoms with Crippen LogP contribution in [0.3, 0.4) is 0 Å². The van der Waals surface area contributed by atoms with Crippen molar-refractivity contribution >= 4 is 22.9 Å². The van der Waals surface area contributed by atoms with Gasteiger partial charge in [0.2, 0.25) is 5.89 Å². The lowest BCUT2D eigenvalue weighted by Gasteiger charge is -1.99. The smallest absolute Gasteiger partial charge is 0.322 e. The molecule has 2 heterocycles. The first-order chi connectivity index (χ1) is 12.7. The van der Waals surface area contributed by atoms with E-state index in [1.54, 1.807) is 12.1 Å². The van der Waals surface area contributed by atoms with Crippen molar-refractivity contribution in [2.45, 2.75) is 19.8 Å². The molecule has 2 aromatic carbocycles. The highest BCUT2D eigenvalue weighted by molar-refractivity contribution is 6.03. The molecule has 0 fully saturated rings. The largest absolute Gasteiger partial charge is 0.451 e. The van der Waals surface area contributed by atoms with E-state index < -0.39 is 5.91 Å². The minimum Gasteiger partial charge on any atom is -0.451 e. The van der Waals surface area contributed by atoms with E-state index in [0.29, 0.717) is 17.9 Å². The van der Waals surface area contributed by atoms with E-state index in [9.17, 15) is 4.79 Å². The first-order valence-corrected chi connectivity index (χ1v) is 8.41. The second-order valence-electron chi connectivity index (χ2n) is 5.95. The highest BCUT2D eigenvalue weighted by Crippen LogP contribution is 2.20. The Morgan fingerprint density at radius 1 is 1.00 bits per heavy atom. The molecule has 4 rings (SSSR count). The van der Waals surface area contributed by atoms with Crippen molar-refractivity contribution in [1.82, 2.24) is 10.2 Å². The van der Waals surface area contributed by atoms with Crippen LogP contribution in [0.2, 0.25) is 0 Å². The van der Waals surface area contributed by atoms with E-state index in [-0.39, 0.29) is 11.8 Å². The third kappa shape index (κ3) is 3.35. The Labute approximate surface area is 149 Å². The fourth-order valence-electron chi connectivity index (χ4n) is 2.70. The number of aryl methyl sites for hydroxylation is 1. The first-order valence-electron chi connectivity index (χ1n) is 8.41. The predicted octanol–water partition coefficient (Wildman–Crippen LogP) is 4.22. The molecule has 1 N–H and O–H groups in total. The van der Waals surface area contributed by atoms with Gasteiger partial charge in [0.05, 0.1) is 6.42 Å². The number of nitrogens with one attached hydrogen (secondary N) is 1. The summed E-state index contributed by atoms with van der Waals surface area (Å²) in [5.41, 5.74) is 3.00. The molecule has 26 heavy (non-hydrogen) atoms. The van der Waals surface area contributed by atoms with Gasteiger partial charge in [0, 0.05) is 5.39 Å². The summed E-state index contributed by atoms with van der Waals surface area (Å²) in [5.74, 6) is 0.207. The average molecular weight is 347 g/mol. The molecule has 0 aliphatic heterocycles. The van der Waals surface area contributed by atoms with Crippen molar-refractivity contribution in [3.63, 3.8) is 0 Å². The molecule has 0 unspecified atom stereocenters. The molecule has 0 atom stereocenters. The number of benzene rings is 2. The van der Waals surface area contributed by atoms with Gasteiger partial charge in [0.15, 0.2) is 5.76 Å². The molecule has 4 aromatic rings. The molecule has 6 nitrogen and oxygen atoms in total. The molecular weight excluding hydrogens is 330 g/mol. The van der Waals surface area contributed by atoms with Gasteiger partial charge in [-0.2, -0.15) is 0 Å². The SMILES string of the molecule is CCc1ccc(Cc2nnc(NC(=O)c3cc4ccccc4o3)o2)cc1. The lowest BCUT2D eigenvalue weighted by molar-refractivity contribution is 0.0995. The number of furan rings is 1. The van der Waals surface area contributed by atoms with Crippen LogP contribution < -0.4 is 5.32 Å². The minimum absolute atomic E-state index is 0.0515. The van der Waals surface area contributed by atoms with Crippen LogP contribution in [0.4, 0.5) is 6.01 Å². The van der Waals surface area contributed by atoms with Crippen molar-refractivity contribution < 1.29 is 13.6 Å². The maximum absolute atomic E-state index is 12.3. The minimum atomic E-state index is -0.427. The summed E-state index contributed by atoms with van der Waals surface area (Å²) in [4.78, 5) is 12.3. The number of para-hydroxylation sites is 1. The van der Waals surface area contributed by atoms with Crippen molar-refractivity contribution in [2.75, 3.05) is 5.32 Å². The topological polar surface area (TPSA) is 81.2 Å². The second kappa shape index (κ2) is 6.84. The number of amides is 1. The third-order valence-electron chi connectivity index (χ3n) is 4.12. The molecule has 0 bridgehead atoms. The summed E-state index contributed by atoms with van der Waals surface area (Å²) < 4.78 is 11.0. The summed E-state index contributed by atoms with van der Waals surface area (Å²) in [6.07, 6.45) is 1.51. The summed E-state index contributed by atoms with van der Waals surface area (Å²) >= 11 is 0. The predicted molar refractivity (Wildman–Crippen MR) is 97.1 cm³/mol. The van der Waals surface area contributed by atoms with Crippen LogP contribution in [0.1, 0.15) is 34.5 Å². The zero-order chi connectivity index (χ0) is 17.9. The first kappa shape index (κ1) is 16.1. The molecule has 0 saturated carbocycles.